The van der Waals surface area contributed by atoms with Crippen LogP contribution in [-0.4, -0.2) is 28.3 Å². The van der Waals surface area contributed by atoms with Crippen LogP contribution in [0.25, 0.3) is 5.69 Å². The number of ether oxygens (including phenoxy) is 1. The molecular weight excluding hydrogens is 266 g/mol. The highest BCUT2D eigenvalue weighted by Gasteiger charge is 2.15. The minimum absolute atomic E-state index is 0.127. The number of aromatic nitrogens is 2. The monoisotopic (exact) mass is 287 g/mol. The van der Waals surface area contributed by atoms with Crippen LogP contribution in [0, 0.1) is 5.92 Å². The highest BCUT2D eigenvalue weighted by Crippen LogP contribution is 2.13. The van der Waals surface area contributed by atoms with E-state index in [0.29, 0.717) is 18.3 Å². The molecule has 0 saturated heterocycles. The number of para-hydroxylation sites is 1. The molecule has 2 rings (SSSR count). The van der Waals surface area contributed by atoms with Crippen molar-refractivity contribution in [2.75, 3.05) is 6.54 Å². The molecule has 1 amide bonds. The summed E-state index contributed by atoms with van der Waals surface area (Å²) < 4.78 is 7.28. The molecule has 0 spiro atoms. The second-order valence-electron chi connectivity index (χ2n) is 5.33. The van der Waals surface area contributed by atoms with Gasteiger partial charge < -0.3 is 10.1 Å². The van der Waals surface area contributed by atoms with Crippen LogP contribution >= 0.6 is 0 Å². The third kappa shape index (κ3) is 4.34. The zero-order valence-electron chi connectivity index (χ0n) is 12.6. The van der Waals surface area contributed by atoms with Crippen LogP contribution in [0.15, 0.2) is 42.6 Å². The fourth-order valence-corrected chi connectivity index (χ4v) is 1.78. The average Bonchev–Trinajstić information content (AvgIpc) is 2.94. The lowest BCUT2D eigenvalue weighted by Gasteiger charge is -2.13. The molecule has 5 heteroatoms. The predicted molar refractivity (Wildman–Crippen MR) is 81.5 cm³/mol. The second-order valence-corrected chi connectivity index (χ2v) is 5.33. The topological polar surface area (TPSA) is 56.1 Å². The van der Waals surface area contributed by atoms with Crippen molar-refractivity contribution in [3.05, 3.63) is 42.6 Å². The van der Waals surface area contributed by atoms with E-state index >= 15 is 0 Å². The van der Waals surface area contributed by atoms with Crippen LogP contribution in [0.1, 0.15) is 20.8 Å². The first-order valence-corrected chi connectivity index (χ1v) is 7.11. The smallest absolute Gasteiger partial charge is 0.260 e. The molecule has 0 aliphatic rings. The van der Waals surface area contributed by atoms with Crippen molar-refractivity contribution in [2.24, 2.45) is 5.92 Å². The Kier molecular flexibility index (Phi) is 4.98. The van der Waals surface area contributed by atoms with Gasteiger partial charge in [-0.3, -0.25) is 4.79 Å². The molecule has 112 valence electrons. The van der Waals surface area contributed by atoms with Gasteiger partial charge in [0.15, 0.2) is 6.10 Å². The first kappa shape index (κ1) is 15.1. The molecule has 0 bridgehead atoms. The van der Waals surface area contributed by atoms with Crippen molar-refractivity contribution >= 4 is 5.91 Å². The Hall–Kier alpha value is -2.30. The Morgan fingerprint density at radius 1 is 1.24 bits per heavy atom. The maximum Gasteiger partial charge on any atom is 0.260 e. The van der Waals surface area contributed by atoms with Crippen molar-refractivity contribution in [3.8, 4) is 11.6 Å². The van der Waals surface area contributed by atoms with Crippen LogP contribution in [0.3, 0.4) is 0 Å². The normalized spacial score (nSPS) is 12.2. The Labute approximate surface area is 124 Å². The molecule has 0 fully saturated rings. The number of carbonyl (C=O) groups is 1. The number of carbonyl (C=O) groups excluding carboxylic acids is 1. The lowest BCUT2D eigenvalue weighted by molar-refractivity contribution is -0.127. The number of hydrogen-bond donors (Lipinski definition) is 1. The van der Waals surface area contributed by atoms with E-state index in [2.05, 4.69) is 10.4 Å². The first-order chi connectivity index (χ1) is 10.1. The van der Waals surface area contributed by atoms with Gasteiger partial charge in [-0.25, -0.2) is 4.68 Å². The molecule has 0 saturated carbocycles. The Morgan fingerprint density at radius 2 is 1.95 bits per heavy atom. The van der Waals surface area contributed by atoms with E-state index in [1.54, 1.807) is 17.7 Å². The summed E-state index contributed by atoms with van der Waals surface area (Å²) in [5.41, 5.74) is 0.948. The molecule has 0 aliphatic carbocycles. The molecule has 0 radical (unpaired) electrons. The van der Waals surface area contributed by atoms with Crippen molar-refractivity contribution < 1.29 is 9.53 Å². The highest BCUT2D eigenvalue weighted by molar-refractivity contribution is 5.80. The lowest BCUT2D eigenvalue weighted by Crippen LogP contribution is -2.38. The van der Waals surface area contributed by atoms with Gasteiger partial charge in [-0.05, 0) is 25.0 Å². The maximum atomic E-state index is 11.9. The minimum Gasteiger partial charge on any atom is -0.463 e. The van der Waals surface area contributed by atoms with Gasteiger partial charge in [0.05, 0.1) is 5.69 Å². The summed E-state index contributed by atoms with van der Waals surface area (Å²) in [5, 5.41) is 7.15. The number of amides is 1. The molecule has 2 aromatic rings. The lowest BCUT2D eigenvalue weighted by atomic mass is 10.2. The van der Waals surface area contributed by atoms with Crippen LogP contribution < -0.4 is 10.1 Å². The van der Waals surface area contributed by atoms with Crippen LogP contribution in [0.2, 0.25) is 0 Å². The van der Waals surface area contributed by atoms with Crippen molar-refractivity contribution in [1.29, 1.82) is 0 Å². The van der Waals surface area contributed by atoms with E-state index in [-0.39, 0.29) is 5.91 Å². The quantitative estimate of drug-likeness (QED) is 0.887. The SMILES string of the molecule is CC(C)CNC(=O)[C@H](C)Oc1ccn(-c2ccccc2)n1. The summed E-state index contributed by atoms with van der Waals surface area (Å²) >= 11 is 0. The highest BCUT2D eigenvalue weighted by atomic mass is 16.5. The maximum absolute atomic E-state index is 11.9. The fraction of sp³-hybridized carbons (Fsp3) is 0.375. The Bertz CT molecular complexity index is 578. The molecule has 1 aromatic heterocycles. The van der Waals surface area contributed by atoms with Gasteiger partial charge in [0.25, 0.3) is 5.91 Å². The van der Waals surface area contributed by atoms with E-state index in [1.165, 1.54) is 0 Å². The molecular formula is C16H21N3O2. The third-order valence-electron chi connectivity index (χ3n) is 2.94. The summed E-state index contributed by atoms with van der Waals surface area (Å²) in [6, 6.07) is 11.5. The minimum atomic E-state index is -0.567. The molecule has 0 aliphatic heterocycles. The van der Waals surface area contributed by atoms with E-state index in [1.807, 2.05) is 50.4 Å². The van der Waals surface area contributed by atoms with Gasteiger partial charge >= 0.3 is 0 Å². The van der Waals surface area contributed by atoms with Gasteiger partial charge in [-0.15, -0.1) is 5.10 Å². The van der Waals surface area contributed by atoms with Crippen LogP contribution in [0.4, 0.5) is 0 Å². The zero-order chi connectivity index (χ0) is 15.2. The van der Waals surface area contributed by atoms with Gasteiger partial charge in [0.2, 0.25) is 5.88 Å². The van der Waals surface area contributed by atoms with Crippen molar-refractivity contribution in [1.82, 2.24) is 15.1 Å². The Morgan fingerprint density at radius 3 is 2.62 bits per heavy atom. The van der Waals surface area contributed by atoms with Crippen LogP contribution in [0.5, 0.6) is 5.88 Å². The van der Waals surface area contributed by atoms with Gasteiger partial charge in [0.1, 0.15) is 0 Å². The van der Waals surface area contributed by atoms with E-state index in [9.17, 15) is 4.79 Å². The number of nitrogens with zero attached hydrogens (tertiary/aromatic N) is 2. The first-order valence-electron chi connectivity index (χ1n) is 7.11. The summed E-state index contributed by atoms with van der Waals surface area (Å²) in [7, 11) is 0. The van der Waals surface area contributed by atoms with Crippen molar-refractivity contribution in [3.63, 3.8) is 0 Å². The van der Waals surface area contributed by atoms with Gasteiger partial charge in [-0.1, -0.05) is 32.0 Å². The predicted octanol–water partition coefficient (Wildman–Crippen LogP) is 2.41. The van der Waals surface area contributed by atoms with Gasteiger partial charge in [0, 0.05) is 18.8 Å². The molecule has 1 heterocycles. The third-order valence-corrected chi connectivity index (χ3v) is 2.94. The molecule has 5 nitrogen and oxygen atoms in total. The van der Waals surface area contributed by atoms with Crippen molar-refractivity contribution in [2.45, 2.75) is 26.9 Å². The van der Waals surface area contributed by atoms with E-state index < -0.39 is 6.10 Å². The number of benzene rings is 1. The molecule has 1 N–H and O–H groups in total. The summed E-state index contributed by atoms with van der Waals surface area (Å²) in [5.74, 6) is 0.724. The van der Waals surface area contributed by atoms with E-state index in [4.69, 9.17) is 4.74 Å². The zero-order valence-corrected chi connectivity index (χ0v) is 12.6. The molecule has 1 aromatic carbocycles. The average molecular weight is 287 g/mol. The molecule has 0 unspecified atom stereocenters. The number of hydrogen-bond acceptors (Lipinski definition) is 3. The van der Waals surface area contributed by atoms with Gasteiger partial charge in [-0.2, -0.15) is 0 Å². The molecule has 1 atom stereocenters. The Balaban J connectivity index is 1.95. The fourth-order valence-electron chi connectivity index (χ4n) is 1.78. The number of rotatable bonds is 6. The molecule has 21 heavy (non-hydrogen) atoms. The standard InChI is InChI=1S/C16H21N3O2/c1-12(2)11-17-16(20)13(3)21-15-9-10-19(18-15)14-7-5-4-6-8-14/h4-10,12-13H,11H2,1-3H3,(H,17,20)/t13-/m0/s1. The number of nitrogens with one attached hydrogen (secondary N) is 1. The van der Waals surface area contributed by atoms with Crippen LogP contribution in [-0.2, 0) is 4.79 Å². The van der Waals surface area contributed by atoms with E-state index in [0.717, 1.165) is 5.69 Å². The summed E-state index contributed by atoms with van der Waals surface area (Å²) in [6.45, 7) is 6.46. The summed E-state index contributed by atoms with van der Waals surface area (Å²) in [6.07, 6.45) is 1.24. The second kappa shape index (κ2) is 6.92. The largest absolute Gasteiger partial charge is 0.463 e. The summed E-state index contributed by atoms with van der Waals surface area (Å²) in [4.78, 5) is 11.9.